The van der Waals surface area contributed by atoms with E-state index in [9.17, 15) is 9.59 Å². The van der Waals surface area contributed by atoms with Gasteiger partial charge >= 0.3 is 0 Å². The number of hydrogen-bond donors (Lipinski definition) is 0. The molecule has 0 radical (unpaired) electrons. The maximum atomic E-state index is 13.2. The second-order valence-corrected chi connectivity index (χ2v) is 8.27. The van der Waals surface area contributed by atoms with Crippen LogP contribution >= 0.6 is 0 Å². The molecule has 2 aromatic carbocycles. The molecule has 0 unspecified atom stereocenters. The highest BCUT2D eigenvalue weighted by molar-refractivity contribution is 5.82. The Balaban J connectivity index is 1.27. The Hall–Kier alpha value is -3.41. The van der Waals surface area contributed by atoms with Crippen LogP contribution in [0.15, 0.2) is 59.1 Å². The SMILES string of the molecule is CC(=O)N1C=Cc2ccccc2[C@@H]1CC(=O)N1CCC(c2nc3ccccc3o2)CC1. The number of aromatic nitrogens is 1. The minimum absolute atomic E-state index is 0.0572. The average Bonchev–Trinajstić information content (AvgIpc) is 3.23. The molecule has 2 amide bonds. The van der Waals surface area contributed by atoms with Crippen LogP contribution in [0, 0.1) is 0 Å². The van der Waals surface area contributed by atoms with Crippen LogP contribution in [-0.4, -0.2) is 39.7 Å². The van der Waals surface area contributed by atoms with Crippen molar-refractivity contribution in [3.05, 3.63) is 71.7 Å². The molecular formula is C25H25N3O3. The summed E-state index contributed by atoms with van der Waals surface area (Å²) < 4.78 is 5.94. The number of likely N-dealkylation sites (tertiary alicyclic amines) is 1. The van der Waals surface area contributed by atoms with Gasteiger partial charge in [0.1, 0.15) is 5.52 Å². The number of nitrogens with zero attached hydrogens (tertiary/aromatic N) is 3. The van der Waals surface area contributed by atoms with Crippen molar-refractivity contribution in [1.82, 2.24) is 14.8 Å². The summed E-state index contributed by atoms with van der Waals surface area (Å²) in [5.41, 5.74) is 3.77. The number of benzene rings is 2. The highest BCUT2D eigenvalue weighted by atomic mass is 16.3. The summed E-state index contributed by atoms with van der Waals surface area (Å²) in [4.78, 5) is 33.6. The maximum absolute atomic E-state index is 13.2. The van der Waals surface area contributed by atoms with E-state index >= 15 is 0 Å². The fraction of sp³-hybridized carbons (Fsp3) is 0.320. The van der Waals surface area contributed by atoms with Gasteiger partial charge in [0.2, 0.25) is 11.8 Å². The van der Waals surface area contributed by atoms with Crippen molar-refractivity contribution in [3.8, 4) is 0 Å². The number of carbonyl (C=O) groups excluding carboxylic acids is 2. The van der Waals surface area contributed by atoms with Crippen molar-refractivity contribution in [2.45, 2.75) is 38.1 Å². The highest BCUT2D eigenvalue weighted by Crippen LogP contribution is 2.35. The van der Waals surface area contributed by atoms with Gasteiger partial charge in [-0.05, 0) is 42.2 Å². The zero-order valence-corrected chi connectivity index (χ0v) is 17.5. The van der Waals surface area contributed by atoms with Gasteiger partial charge in [-0.1, -0.05) is 36.4 Å². The van der Waals surface area contributed by atoms with E-state index in [0.717, 1.165) is 41.0 Å². The Morgan fingerprint density at radius 1 is 1.06 bits per heavy atom. The molecule has 3 aromatic rings. The molecule has 3 heterocycles. The molecule has 0 saturated carbocycles. The number of fused-ring (bicyclic) bond motifs is 2. The zero-order valence-electron chi connectivity index (χ0n) is 17.5. The molecule has 1 aromatic heterocycles. The maximum Gasteiger partial charge on any atom is 0.225 e. The lowest BCUT2D eigenvalue weighted by Crippen LogP contribution is -2.41. The molecule has 5 rings (SSSR count). The van der Waals surface area contributed by atoms with Crippen molar-refractivity contribution in [2.24, 2.45) is 0 Å². The predicted molar refractivity (Wildman–Crippen MR) is 118 cm³/mol. The van der Waals surface area contributed by atoms with Gasteiger partial charge in [0.15, 0.2) is 11.5 Å². The van der Waals surface area contributed by atoms with Crippen LogP contribution in [0.1, 0.15) is 55.2 Å². The van der Waals surface area contributed by atoms with Crippen molar-refractivity contribution in [2.75, 3.05) is 13.1 Å². The van der Waals surface area contributed by atoms with Crippen LogP contribution in [-0.2, 0) is 9.59 Å². The van der Waals surface area contributed by atoms with Crippen LogP contribution in [0.5, 0.6) is 0 Å². The van der Waals surface area contributed by atoms with E-state index in [4.69, 9.17) is 4.42 Å². The van der Waals surface area contributed by atoms with Crippen molar-refractivity contribution in [3.63, 3.8) is 0 Å². The third-order valence-corrected chi connectivity index (χ3v) is 6.34. The van der Waals surface area contributed by atoms with Crippen LogP contribution in [0.25, 0.3) is 17.2 Å². The molecule has 2 aliphatic heterocycles. The van der Waals surface area contributed by atoms with Crippen LogP contribution in [0.3, 0.4) is 0 Å². The Kier molecular flexibility index (Phi) is 5.06. The molecule has 1 fully saturated rings. The lowest BCUT2D eigenvalue weighted by molar-refractivity contribution is -0.135. The first-order valence-corrected chi connectivity index (χ1v) is 10.8. The Morgan fingerprint density at radius 3 is 2.58 bits per heavy atom. The fourth-order valence-corrected chi connectivity index (χ4v) is 4.65. The molecule has 0 spiro atoms. The number of amides is 2. The first-order chi connectivity index (χ1) is 15.1. The van der Waals surface area contributed by atoms with E-state index < -0.39 is 0 Å². The summed E-state index contributed by atoms with van der Waals surface area (Å²) in [5.74, 6) is 1.02. The minimum atomic E-state index is -0.263. The van der Waals surface area contributed by atoms with Gasteiger partial charge in [0, 0.05) is 32.1 Å². The molecule has 0 aliphatic carbocycles. The molecule has 2 aliphatic rings. The Morgan fingerprint density at radius 2 is 1.81 bits per heavy atom. The number of carbonyl (C=O) groups is 2. The Bertz CT molecular complexity index is 1120. The quantitative estimate of drug-likeness (QED) is 0.632. The van der Waals surface area contributed by atoms with Crippen molar-refractivity contribution in [1.29, 1.82) is 0 Å². The molecule has 31 heavy (non-hydrogen) atoms. The summed E-state index contributed by atoms with van der Waals surface area (Å²) in [6.07, 6.45) is 5.67. The first kappa shape index (κ1) is 19.5. The lowest BCUT2D eigenvalue weighted by Gasteiger charge is -2.35. The van der Waals surface area contributed by atoms with E-state index in [1.54, 1.807) is 18.0 Å². The van der Waals surface area contributed by atoms with Crippen LogP contribution < -0.4 is 0 Å². The molecule has 0 N–H and O–H groups in total. The Labute approximate surface area is 181 Å². The minimum Gasteiger partial charge on any atom is -0.440 e. The lowest BCUT2D eigenvalue weighted by atomic mass is 9.92. The van der Waals surface area contributed by atoms with Gasteiger partial charge in [0.25, 0.3) is 0 Å². The van der Waals surface area contributed by atoms with Gasteiger partial charge in [0.05, 0.1) is 12.5 Å². The van der Waals surface area contributed by atoms with E-state index in [-0.39, 0.29) is 30.2 Å². The summed E-state index contributed by atoms with van der Waals surface area (Å²) in [6.45, 7) is 2.89. The number of oxazole rings is 1. The molecule has 6 nitrogen and oxygen atoms in total. The van der Waals surface area contributed by atoms with Gasteiger partial charge < -0.3 is 14.2 Å². The standard InChI is InChI=1S/C25H25N3O3/c1-17(29)28-15-12-18-6-2-3-7-20(18)22(28)16-24(30)27-13-10-19(11-14-27)25-26-21-8-4-5-9-23(21)31-25/h2-9,12,15,19,22H,10-11,13-14,16H2,1H3/t22-/m0/s1. The zero-order chi connectivity index (χ0) is 21.4. The molecule has 1 atom stereocenters. The van der Waals surface area contributed by atoms with Crippen LogP contribution in [0.2, 0.25) is 0 Å². The molecule has 6 heteroatoms. The molecule has 158 valence electrons. The summed E-state index contributed by atoms with van der Waals surface area (Å²) in [5, 5.41) is 0. The molecule has 1 saturated heterocycles. The second kappa shape index (κ2) is 8.02. The van der Waals surface area contributed by atoms with Gasteiger partial charge in [-0.15, -0.1) is 0 Å². The smallest absolute Gasteiger partial charge is 0.225 e. The topological polar surface area (TPSA) is 66.7 Å². The highest BCUT2D eigenvalue weighted by Gasteiger charge is 2.32. The fourth-order valence-electron chi connectivity index (χ4n) is 4.65. The summed E-state index contributed by atoms with van der Waals surface area (Å²) in [6, 6.07) is 15.5. The second-order valence-electron chi connectivity index (χ2n) is 8.27. The number of hydrogen-bond acceptors (Lipinski definition) is 4. The summed E-state index contributed by atoms with van der Waals surface area (Å²) in [7, 11) is 0. The third kappa shape index (κ3) is 3.74. The van der Waals surface area contributed by atoms with Crippen molar-refractivity contribution < 1.29 is 14.0 Å². The van der Waals surface area contributed by atoms with E-state index in [2.05, 4.69) is 4.98 Å². The van der Waals surface area contributed by atoms with Gasteiger partial charge in [-0.25, -0.2) is 4.98 Å². The van der Waals surface area contributed by atoms with E-state index in [1.165, 1.54) is 0 Å². The number of para-hydroxylation sites is 2. The normalized spacial score (nSPS) is 18.9. The predicted octanol–water partition coefficient (Wildman–Crippen LogP) is 4.50. The first-order valence-electron chi connectivity index (χ1n) is 10.8. The van der Waals surface area contributed by atoms with E-state index in [0.29, 0.717) is 13.1 Å². The monoisotopic (exact) mass is 415 g/mol. The number of piperidine rings is 1. The molecular weight excluding hydrogens is 390 g/mol. The third-order valence-electron chi connectivity index (χ3n) is 6.34. The number of rotatable bonds is 3. The van der Waals surface area contributed by atoms with E-state index in [1.807, 2.05) is 59.5 Å². The molecule has 0 bridgehead atoms. The van der Waals surface area contributed by atoms with Gasteiger partial charge in [-0.3, -0.25) is 9.59 Å². The average molecular weight is 415 g/mol. The largest absolute Gasteiger partial charge is 0.440 e. The summed E-state index contributed by atoms with van der Waals surface area (Å²) >= 11 is 0. The van der Waals surface area contributed by atoms with Crippen molar-refractivity contribution >= 4 is 29.0 Å². The van der Waals surface area contributed by atoms with Gasteiger partial charge in [-0.2, -0.15) is 0 Å². The van der Waals surface area contributed by atoms with Crippen LogP contribution in [0.4, 0.5) is 0 Å².